The maximum atomic E-state index is 5.85. The lowest BCUT2D eigenvalue weighted by Crippen LogP contribution is -2.23. The third-order valence-corrected chi connectivity index (χ3v) is 2.87. The molecule has 5 nitrogen and oxygen atoms in total. The van der Waals surface area contributed by atoms with Crippen molar-refractivity contribution in [2.75, 3.05) is 25.1 Å². The second-order valence-electron chi connectivity index (χ2n) is 5.40. The Morgan fingerprint density at radius 2 is 1.83 bits per heavy atom. The van der Waals surface area contributed by atoms with Crippen molar-refractivity contribution in [2.45, 2.75) is 46.1 Å². The van der Waals surface area contributed by atoms with Crippen LogP contribution in [0.3, 0.4) is 0 Å². The molecule has 0 aromatic heterocycles. The Balaban J connectivity index is 0.00000484. The summed E-state index contributed by atoms with van der Waals surface area (Å²) in [5.41, 5.74) is 6.75. The number of benzene rings is 1. The lowest BCUT2D eigenvalue weighted by atomic mass is 10.3. The molecule has 0 heterocycles. The van der Waals surface area contributed by atoms with Crippen LogP contribution in [0.4, 0.5) is 5.69 Å². The molecule has 1 aromatic rings. The van der Waals surface area contributed by atoms with Crippen LogP contribution >= 0.6 is 24.0 Å². The lowest BCUT2D eigenvalue weighted by Gasteiger charge is -2.11. The van der Waals surface area contributed by atoms with Gasteiger partial charge in [0.2, 0.25) is 0 Å². The molecule has 0 unspecified atom stereocenters. The van der Waals surface area contributed by atoms with Gasteiger partial charge in [-0.05, 0) is 51.0 Å². The highest BCUT2D eigenvalue weighted by Crippen LogP contribution is 2.16. The molecular weight excluding hydrogens is 405 g/mol. The van der Waals surface area contributed by atoms with E-state index in [9.17, 15) is 0 Å². The van der Waals surface area contributed by atoms with Gasteiger partial charge in [0, 0.05) is 25.4 Å². The van der Waals surface area contributed by atoms with Crippen LogP contribution in [0.2, 0.25) is 0 Å². The minimum absolute atomic E-state index is 0. The molecule has 0 atom stereocenters. The van der Waals surface area contributed by atoms with Gasteiger partial charge in [-0.3, -0.25) is 4.99 Å². The highest BCUT2D eigenvalue weighted by Gasteiger charge is 1.99. The first-order valence-electron chi connectivity index (χ1n) is 8.03. The van der Waals surface area contributed by atoms with Gasteiger partial charge in [-0.2, -0.15) is 0 Å². The van der Waals surface area contributed by atoms with Crippen molar-refractivity contribution in [3.63, 3.8) is 0 Å². The van der Waals surface area contributed by atoms with Crippen LogP contribution < -0.4 is 15.8 Å². The van der Waals surface area contributed by atoms with Crippen molar-refractivity contribution >= 4 is 35.6 Å². The number of hydrogen-bond donors (Lipinski definition) is 2. The summed E-state index contributed by atoms with van der Waals surface area (Å²) in [5, 5.41) is 3.07. The summed E-state index contributed by atoms with van der Waals surface area (Å²) >= 11 is 0. The van der Waals surface area contributed by atoms with Gasteiger partial charge >= 0.3 is 0 Å². The molecule has 23 heavy (non-hydrogen) atoms. The molecule has 1 aromatic carbocycles. The zero-order valence-corrected chi connectivity index (χ0v) is 16.7. The normalized spacial score (nSPS) is 11.2. The molecule has 3 N–H and O–H groups in total. The number of nitrogens with zero attached hydrogens (tertiary/aromatic N) is 1. The molecule has 0 fully saturated rings. The number of guanidine groups is 1. The van der Waals surface area contributed by atoms with E-state index in [1.54, 1.807) is 0 Å². The number of nitrogens with one attached hydrogen (secondary N) is 1. The zero-order valence-electron chi connectivity index (χ0n) is 14.4. The molecule has 132 valence electrons. The maximum absolute atomic E-state index is 5.85. The van der Waals surface area contributed by atoms with E-state index >= 15 is 0 Å². The van der Waals surface area contributed by atoms with Gasteiger partial charge in [0.25, 0.3) is 0 Å². The van der Waals surface area contributed by atoms with Crippen LogP contribution in [0.1, 0.15) is 40.0 Å². The lowest BCUT2D eigenvalue weighted by molar-refractivity contribution is 0.130. The van der Waals surface area contributed by atoms with E-state index < -0.39 is 0 Å². The van der Waals surface area contributed by atoms with Crippen LogP contribution in [0, 0.1) is 0 Å². The highest BCUT2D eigenvalue weighted by atomic mass is 127. The number of ether oxygens (including phenoxy) is 2. The van der Waals surface area contributed by atoms with E-state index in [0.717, 1.165) is 43.9 Å². The van der Waals surface area contributed by atoms with Crippen molar-refractivity contribution in [1.82, 2.24) is 0 Å². The van der Waals surface area contributed by atoms with Crippen LogP contribution in [-0.2, 0) is 4.74 Å². The Morgan fingerprint density at radius 1 is 1.17 bits per heavy atom. The zero-order chi connectivity index (χ0) is 16.2. The van der Waals surface area contributed by atoms with Crippen LogP contribution in [-0.4, -0.2) is 31.8 Å². The fraction of sp³-hybridized carbons (Fsp3) is 0.588. The standard InChI is InChI=1S/C17H29N3O2.HI/c1-4-5-12-21-13-6-11-19-17(18)20-15-7-9-16(10-8-15)22-14(2)3;/h7-10,14H,4-6,11-13H2,1-3H3,(H3,18,19,20);1H. The summed E-state index contributed by atoms with van der Waals surface area (Å²) in [4.78, 5) is 4.28. The number of hydrogen-bond acceptors (Lipinski definition) is 3. The van der Waals surface area contributed by atoms with Gasteiger partial charge in [0.05, 0.1) is 6.10 Å². The van der Waals surface area contributed by atoms with E-state index in [1.165, 1.54) is 0 Å². The fourth-order valence-electron chi connectivity index (χ4n) is 1.79. The maximum Gasteiger partial charge on any atom is 0.193 e. The van der Waals surface area contributed by atoms with Crippen molar-refractivity contribution in [2.24, 2.45) is 10.7 Å². The number of unbranched alkanes of at least 4 members (excludes halogenated alkanes) is 1. The minimum Gasteiger partial charge on any atom is -0.491 e. The predicted octanol–water partition coefficient (Wildman–Crippen LogP) is 4.03. The molecule has 0 saturated heterocycles. The third-order valence-electron chi connectivity index (χ3n) is 2.87. The molecule has 0 saturated carbocycles. The van der Waals surface area contributed by atoms with Crippen molar-refractivity contribution in [3.8, 4) is 5.75 Å². The topological polar surface area (TPSA) is 68.9 Å². The van der Waals surface area contributed by atoms with Crippen LogP contribution in [0.5, 0.6) is 5.75 Å². The second-order valence-corrected chi connectivity index (χ2v) is 5.40. The first kappa shape index (κ1) is 22.0. The third kappa shape index (κ3) is 11.2. The number of nitrogens with two attached hydrogens (primary N) is 1. The predicted molar refractivity (Wildman–Crippen MR) is 108 cm³/mol. The summed E-state index contributed by atoms with van der Waals surface area (Å²) in [6.07, 6.45) is 3.33. The Morgan fingerprint density at radius 3 is 2.43 bits per heavy atom. The average Bonchev–Trinajstić information content (AvgIpc) is 2.48. The summed E-state index contributed by atoms with van der Waals surface area (Å²) in [7, 11) is 0. The summed E-state index contributed by atoms with van der Waals surface area (Å²) in [6, 6.07) is 7.68. The van der Waals surface area contributed by atoms with Crippen LogP contribution in [0.25, 0.3) is 0 Å². The summed E-state index contributed by atoms with van der Waals surface area (Å²) in [5.74, 6) is 1.27. The van der Waals surface area contributed by atoms with E-state index in [2.05, 4.69) is 17.2 Å². The summed E-state index contributed by atoms with van der Waals surface area (Å²) < 4.78 is 11.1. The van der Waals surface area contributed by atoms with Gasteiger partial charge in [0.15, 0.2) is 5.96 Å². The quantitative estimate of drug-likeness (QED) is 0.252. The van der Waals surface area contributed by atoms with E-state index in [4.69, 9.17) is 15.2 Å². The average molecular weight is 435 g/mol. The van der Waals surface area contributed by atoms with E-state index in [-0.39, 0.29) is 30.1 Å². The number of aliphatic imine (C=N–C) groups is 1. The molecule has 0 aliphatic carbocycles. The highest BCUT2D eigenvalue weighted by molar-refractivity contribution is 14.0. The molecule has 0 spiro atoms. The van der Waals surface area contributed by atoms with Gasteiger partial charge < -0.3 is 20.5 Å². The van der Waals surface area contributed by atoms with E-state index in [0.29, 0.717) is 12.5 Å². The molecular formula is C17H30IN3O2. The Kier molecular flexibility index (Phi) is 12.8. The van der Waals surface area contributed by atoms with Gasteiger partial charge in [0.1, 0.15) is 5.75 Å². The summed E-state index contributed by atoms with van der Waals surface area (Å²) in [6.45, 7) is 8.39. The Bertz CT molecular complexity index is 436. The second kappa shape index (κ2) is 13.4. The van der Waals surface area contributed by atoms with E-state index in [1.807, 2.05) is 38.1 Å². The Labute approximate surface area is 157 Å². The van der Waals surface area contributed by atoms with Gasteiger partial charge in [-0.1, -0.05) is 13.3 Å². The smallest absolute Gasteiger partial charge is 0.193 e. The first-order chi connectivity index (χ1) is 10.6. The molecule has 6 heteroatoms. The van der Waals surface area contributed by atoms with Crippen molar-refractivity contribution in [3.05, 3.63) is 24.3 Å². The Hall–Kier alpha value is -1.02. The minimum atomic E-state index is 0. The van der Waals surface area contributed by atoms with Crippen molar-refractivity contribution in [1.29, 1.82) is 0 Å². The molecule has 0 amide bonds. The first-order valence-corrected chi connectivity index (χ1v) is 8.03. The number of rotatable bonds is 10. The molecule has 0 aliphatic heterocycles. The van der Waals surface area contributed by atoms with Crippen LogP contribution in [0.15, 0.2) is 29.3 Å². The molecule has 1 rings (SSSR count). The van der Waals surface area contributed by atoms with Gasteiger partial charge in [-0.25, -0.2) is 0 Å². The van der Waals surface area contributed by atoms with Gasteiger partial charge in [-0.15, -0.1) is 24.0 Å². The fourth-order valence-corrected chi connectivity index (χ4v) is 1.79. The molecule has 0 radical (unpaired) electrons. The number of halogens is 1. The molecule has 0 bridgehead atoms. The largest absolute Gasteiger partial charge is 0.491 e. The SMILES string of the molecule is CCCCOCCCN=C(N)Nc1ccc(OC(C)C)cc1.I. The number of anilines is 1. The monoisotopic (exact) mass is 435 g/mol. The van der Waals surface area contributed by atoms with Crippen molar-refractivity contribution < 1.29 is 9.47 Å². The molecule has 0 aliphatic rings.